The zero-order valence-corrected chi connectivity index (χ0v) is 28.4. The van der Waals surface area contributed by atoms with Gasteiger partial charge in [0.1, 0.15) is 28.8 Å². The molecular formula is C34H40F3N3O5S. The number of methoxy groups -OCH3 is 3. The Morgan fingerprint density at radius 3 is 2.07 bits per heavy atom. The Morgan fingerprint density at radius 2 is 1.46 bits per heavy atom. The summed E-state index contributed by atoms with van der Waals surface area (Å²) in [5, 5.41) is 0.413. The Balaban J connectivity index is 1.66. The Labute approximate surface area is 272 Å². The average Bonchev–Trinajstić information content (AvgIpc) is 3.42. The van der Waals surface area contributed by atoms with Crippen LogP contribution >= 0.6 is 11.8 Å². The van der Waals surface area contributed by atoms with E-state index in [2.05, 4.69) is 4.98 Å². The molecule has 0 bridgehead atoms. The molecule has 0 aliphatic carbocycles. The highest BCUT2D eigenvalue weighted by Gasteiger charge is 2.26. The number of hydrogen-bond acceptors (Lipinski definition) is 8. The molecule has 0 spiro atoms. The number of imidazole rings is 1. The SMILES string of the molecule is COc1cc(-n2c(N(C)c3ccc(OC)c(OC)c3)cnc2SCc2c(F)cc(OC(C)(C)COC(C)(C)C)cc2F)ccc1F. The van der Waals surface area contributed by atoms with E-state index in [0.717, 1.165) is 17.4 Å². The van der Waals surface area contributed by atoms with Crippen molar-refractivity contribution in [1.82, 2.24) is 9.55 Å². The summed E-state index contributed by atoms with van der Waals surface area (Å²) >= 11 is 1.12. The van der Waals surface area contributed by atoms with Gasteiger partial charge in [-0.25, -0.2) is 18.2 Å². The molecule has 1 heterocycles. The summed E-state index contributed by atoms with van der Waals surface area (Å²) in [5.41, 5.74) is -0.0706. The van der Waals surface area contributed by atoms with Crippen molar-refractivity contribution < 1.29 is 36.9 Å². The second-order valence-corrected chi connectivity index (χ2v) is 13.0. The minimum absolute atomic E-state index is 0.0328. The van der Waals surface area contributed by atoms with Crippen LogP contribution in [0.2, 0.25) is 0 Å². The summed E-state index contributed by atoms with van der Waals surface area (Å²) in [6.07, 6.45) is 1.63. The Bertz CT molecular complexity index is 1650. The number of anilines is 2. The van der Waals surface area contributed by atoms with Crippen molar-refractivity contribution in [3.8, 4) is 28.7 Å². The van der Waals surface area contributed by atoms with Crippen LogP contribution in [0.5, 0.6) is 23.0 Å². The first-order valence-corrected chi connectivity index (χ1v) is 15.5. The molecule has 0 N–H and O–H groups in total. The Hall–Kier alpha value is -4.03. The number of halogens is 3. The first-order chi connectivity index (χ1) is 21.7. The fourth-order valence-corrected chi connectivity index (χ4v) is 5.52. The van der Waals surface area contributed by atoms with Gasteiger partial charge in [0.25, 0.3) is 0 Å². The maximum atomic E-state index is 15.3. The number of aromatic nitrogens is 2. The molecule has 0 fully saturated rings. The van der Waals surface area contributed by atoms with Crippen molar-refractivity contribution in [2.24, 2.45) is 0 Å². The van der Waals surface area contributed by atoms with Crippen molar-refractivity contribution in [3.05, 3.63) is 77.7 Å². The lowest BCUT2D eigenvalue weighted by Crippen LogP contribution is -2.37. The monoisotopic (exact) mass is 659 g/mol. The molecule has 0 radical (unpaired) electrons. The largest absolute Gasteiger partial charge is 0.494 e. The molecule has 248 valence electrons. The summed E-state index contributed by atoms with van der Waals surface area (Å²) in [5.74, 6) is -0.338. The minimum Gasteiger partial charge on any atom is -0.494 e. The number of thioether (sulfide) groups is 1. The van der Waals surface area contributed by atoms with E-state index in [9.17, 15) is 4.39 Å². The van der Waals surface area contributed by atoms with E-state index in [-0.39, 0.29) is 35.0 Å². The third-order valence-corrected chi connectivity index (χ3v) is 7.89. The van der Waals surface area contributed by atoms with Crippen LogP contribution < -0.4 is 23.8 Å². The van der Waals surface area contributed by atoms with Crippen molar-refractivity contribution in [1.29, 1.82) is 0 Å². The predicted octanol–water partition coefficient (Wildman–Crippen LogP) is 8.35. The van der Waals surface area contributed by atoms with E-state index in [1.54, 1.807) is 57.0 Å². The summed E-state index contributed by atoms with van der Waals surface area (Å²) in [4.78, 5) is 6.44. The molecule has 4 rings (SSSR count). The van der Waals surface area contributed by atoms with Crippen LogP contribution in [0.4, 0.5) is 24.7 Å². The Morgan fingerprint density at radius 1 is 0.804 bits per heavy atom. The van der Waals surface area contributed by atoms with Gasteiger partial charge < -0.3 is 28.6 Å². The quantitative estimate of drug-likeness (QED) is 0.133. The van der Waals surface area contributed by atoms with E-state index in [1.165, 1.54) is 31.4 Å². The molecular weight excluding hydrogens is 619 g/mol. The van der Waals surface area contributed by atoms with Crippen LogP contribution in [-0.2, 0) is 10.5 Å². The van der Waals surface area contributed by atoms with Gasteiger partial charge in [-0.1, -0.05) is 11.8 Å². The van der Waals surface area contributed by atoms with Gasteiger partial charge in [0, 0.05) is 48.3 Å². The number of benzene rings is 3. The molecule has 0 amide bonds. The summed E-state index contributed by atoms with van der Waals surface area (Å²) in [7, 11) is 6.30. The highest BCUT2D eigenvalue weighted by atomic mass is 32.2. The number of ether oxygens (including phenoxy) is 5. The lowest BCUT2D eigenvalue weighted by atomic mass is 10.1. The topological polar surface area (TPSA) is 67.2 Å². The summed E-state index contributed by atoms with van der Waals surface area (Å²) in [6, 6.07) is 12.2. The molecule has 0 aliphatic heterocycles. The summed E-state index contributed by atoms with van der Waals surface area (Å²) in [6.45, 7) is 9.57. The van der Waals surface area contributed by atoms with Gasteiger partial charge in [0.05, 0.1) is 45.4 Å². The lowest BCUT2D eigenvalue weighted by molar-refractivity contribution is -0.0724. The maximum Gasteiger partial charge on any atom is 0.174 e. The molecule has 0 unspecified atom stereocenters. The molecule has 46 heavy (non-hydrogen) atoms. The molecule has 0 aliphatic rings. The van der Waals surface area contributed by atoms with Crippen LogP contribution in [0.1, 0.15) is 40.2 Å². The van der Waals surface area contributed by atoms with Crippen LogP contribution in [-0.4, -0.2) is 55.7 Å². The molecule has 4 aromatic rings. The molecule has 8 nitrogen and oxygen atoms in total. The van der Waals surface area contributed by atoms with Gasteiger partial charge in [-0.05, 0) is 58.9 Å². The van der Waals surface area contributed by atoms with Crippen LogP contribution in [0.25, 0.3) is 5.69 Å². The van der Waals surface area contributed by atoms with Crippen molar-refractivity contribution in [3.63, 3.8) is 0 Å². The number of rotatable bonds is 13. The fourth-order valence-electron chi connectivity index (χ4n) is 4.51. The van der Waals surface area contributed by atoms with E-state index in [1.807, 2.05) is 38.8 Å². The number of nitrogens with zero attached hydrogens (tertiary/aromatic N) is 3. The second kappa shape index (κ2) is 14.2. The zero-order valence-electron chi connectivity index (χ0n) is 27.5. The maximum absolute atomic E-state index is 15.3. The first kappa shape index (κ1) is 34.8. The van der Waals surface area contributed by atoms with E-state index in [0.29, 0.717) is 28.2 Å². The Kier molecular flexibility index (Phi) is 10.7. The van der Waals surface area contributed by atoms with E-state index >= 15 is 8.78 Å². The molecule has 0 atom stereocenters. The van der Waals surface area contributed by atoms with E-state index in [4.69, 9.17) is 23.7 Å². The van der Waals surface area contributed by atoms with Gasteiger partial charge in [-0.2, -0.15) is 0 Å². The lowest BCUT2D eigenvalue weighted by Gasteiger charge is -2.30. The highest BCUT2D eigenvalue weighted by molar-refractivity contribution is 7.98. The molecule has 12 heteroatoms. The average molecular weight is 660 g/mol. The fraction of sp³-hybridized carbons (Fsp3) is 0.382. The standard InChI is InChI=1S/C34H40F3N3O5S/c1-33(2,3)44-20-34(4,5)45-23-16-26(36)24(27(37)17-23)19-46-32-38-18-31(40(32)22-10-12-25(35)29(15-22)42-8)39(6)21-11-13-28(41-7)30(14-21)43-9/h10-18H,19-20H2,1-9H3. The van der Waals surface area contributed by atoms with Crippen LogP contribution in [0, 0.1) is 17.5 Å². The molecule has 0 saturated carbocycles. The molecule has 0 saturated heterocycles. The highest BCUT2D eigenvalue weighted by Crippen LogP contribution is 2.38. The zero-order chi connectivity index (χ0) is 33.8. The van der Waals surface area contributed by atoms with Crippen LogP contribution in [0.15, 0.2) is 59.9 Å². The molecule has 1 aromatic heterocycles. The molecule has 3 aromatic carbocycles. The van der Waals surface area contributed by atoms with Gasteiger partial charge in [0.15, 0.2) is 28.2 Å². The van der Waals surface area contributed by atoms with Gasteiger partial charge in [0.2, 0.25) is 0 Å². The van der Waals surface area contributed by atoms with Gasteiger partial charge in [-0.15, -0.1) is 0 Å². The van der Waals surface area contributed by atoms with Crippen molar-refractivity contribution >= 4 is 23.3 Å². The summed E-state index contributed by atoms with van der Waals surface area (Å²) < 4.78 is 74.6. The number of hydrogen-bond donors (Lipinski definition) is 0. The second-order valence-electron chi connectivity index (χ2n) is 12.1. The smallest absolute Gasteiger partial charge is 0.174 e. The van der Waals surface area contributed by atoms with E-state index < -0.39 is 23.1 Å². The van der Waals surface area contributed by atoms with Crippen LogP contribution in [0.3, 0.4) is 0 Å². The first-order valence-electron chi connectivity index (χ1n) is 14.5. The van der Waals surface area contributed by atoms with Gasteiger partial charge in [-0.3, -0.25) is 4.57 Å². The van der Waals surface area contributed by atoms with Crippen molar-refractivity contribution in [2.45, 2.75) is 56.7 Å². The van der Waals surface area contributed by atoms with Crippen molar-refractivity contribution in [2.75, 3.05) is 39.9 Å². The third kappa shape index (κ3) is 8.21. The minimum atomic E-state index is -0.820. The van der Waals surface area contributed by atoms with Gasteiger partial charge >= 0.3 is 0 Å². The third-order valence-electron chi connectivity index (χ3n) is 6.91. The predicted molar refractivity (Wildman–Crippen MR) is 174 cm³/mol. The normalized spacial score (nSPS) is 11.8.